The van der Waals surface area contributed by atoms with Gasteiger partial charge in [-0.25, -0.2) is 4.90 Å². The van der Waals surface area contributed by atoms with Crippen LogP contribution in [0.5, 0.6) is 0 Å². The lowest BCUT2D eigenvalue weighted by atomic mass is 10.1. The van der Waals surface area contributed by atoms with Gasteiger partial charge in [-0.2, -0.15) is 5.11 Å². The lowest BCUT2D eigenvalue weighted by Crippen LogP contribution is -2.43. The molecule has 8 nitrogen and oxygen atoms in total. The molecule has 0 aliphatic carbocycles. The summed E-state index contributed by atoms with van der Waals surface area (Å²) in [6.45, 7) is 7.62. The predicted octanol–water partition coefficient (Wildman–Crippen LogP) is 2.85. The largest absolute Gasteiger partial charge is 0.324 e. The molecular weight excluding hydrogens is 382 g/mol. The molecule has 30 heavy (non-hydrogen) atoms. The fourth-order valence-electron chi connectivity index (χ4n) is 3.87. The molecule has 2 aliphatic heterocycles. The maximum atomic E-state index is 13.0. The van der Waals surface area contributed by atoms with Crippen molar-refractivity contribution in [2.24, 2.45) is 10.3 Å². The number of carbonyl (C=O) groups is 3. The normalized spacial score (nSPS) is 20.1. The number of hydrogen-bond acceptors (Lipinski definition) is 6. The molecule has 0 bridgehead atoms. The smallest absolute Gasteiger partial charge is 0.263 e. The van der Waals surface area contributed by atoms with Crippen LogP contribution in [0.1, 0.15) is 22.3 Å². The molecule has 0 spiro atoms. The Hall–Kier alpha value is -3.55. The lowest BCUT2D eigenvalue weighted by molar-refractivity contribution is -0.123. The van der Waals surface area contributed by atoms with Crippen LogP contribution in [0.25, 0.3) is 0 Å². The topological polar surface area (TPSA) is 94.4 Å². The first kappa shape index (κ1) is 19.8. The van der Waals surface area contributed by atoms with Crippen molar-refractivity contribution in [2.45, 2.75) is 39.8 Å². The van der Waals surface area contributed by atoms with Crippen LogP contribution in [0.4, 0.5) is 11.4 Å². The molecule has 2 aliphatic rings. The second-order valence-corrected chi connectivity index (χ2v) is 7.90. The van der Waals surface area contributed by atoms with E-state index in [0.717, 1.165) is 27.2 Å². The van der Waals surface area contributed by atoms with E-state index in [-0.39, 0.29) is 12.5 Å². The van der Waals surface area contributed by atoms with Crippen LogP contribution in [-0.2, 0) is 14.4 Å². The van der Waals surface area contributed by atoms with Gasteiger partial charge in [0.25, 0.3) is 11.8 Å². The first-order valence-corrected chi connectivity index (χ1v) is 9.75. The van der Waals surface area contributed by atoms with Crippen molar-refractivity contribution in [3.63, 3.8) is 0 Å². The number of nitrogens with zero attached hydrogens (tertiary/aromatic N) is 4. The third-order valence-electron chi connectivity index (χ3n) is 5.42. The van der Waals surface area contributed by atoms with Gasteiger partial charge in [-0.1, -0.05) is 17.4 Å². The average Bonchev–Trinajstić information content (AvgIpc) is 3.17. The molecule has 4 rings (SSSR count). The number of amides is 3. The second-order valence-electron chi connectivity index (χ2n) is 7.90. The van der Waals surface area contributed by atoms with Crippen molar-refractivity contribution in [1.82, 2.24) is 5.01 Å². The van der Waals surface area contributed by atoms with E-state index in [0.29, 0.717) is 11.4 Å². The van der Waals surface area contributed by atoms with E-state index in [9.17, 15) is 14.4 Å². The van der Waals surface area contributed by atoms with Crippen molar-refractivity contribution in [2.75, 3.05) is 16.8 Å². The van der Waals surface area contributed by atoms with E-state index in [4.69, 9.17) is 0 Å². The van der Waals surface area contributed by atoms with Crippen molar-refractivity contribution < 1.29 is 14.4 Å². The SMILES string of the molecule is Cc1cc(C)cc(NC(=O)CN2N=N[C@@H]3C(=O)N(c4ccc(C)c(C)c4)C(=O)[C@H]32)c1. The van der Waals surface area contributed by atoms with Gasteiger partial charge in [-0.15, -0.1) is 0 Å². The zero-order chi connectivity index (χ0) is 21.6. The number of benzene rings is 2. The van der Waals surface area contributed by atoms with E-state index in [1.54, 1.807) is 12.1 Å². The molecule has 1 fully saturated rings. The number of hydrogen-bond donors (Lipinski definition) is 1. The summed E-state index contributed by atoms with van der Waals surface area (Å²) in [4.78, 5) is 39.5. The molecule has 2 aromatic rings. The number of anilines is 2. The Balaban J connectivity index is 1.50. The summed E-state index contributed by atoms with van der Waals surface area (Å²) in [5.74, 6) is -1.17. The Morgan fingerprint density at radius 1 is 0.967 bits per heavy atom. The minimum atomic E-state index is -0.923. The number of aryl methyl sites for hydroxylation is 4. The minimum Gasteiger partial charge on any atom is -0.324 e. The second kappa shape index (κ2) is 7.37. The monoisotopic (exact) mass is 405 g/mol. The minimum absolute atomic E-state index is 0.169. The summed E-state index contributed by atoms with van der Waals surface area (Å²) >= 11 is 0. The molecule has 1 saturated heterocycles. The Morgan fingerprint density at radius 2 is 1.67 bits per heavy atom. The van der Waals surface area contributed by atoms with Gasteiger partial charge < -0.3 is 5.32 Å². The molecule has 8 heteroatoms. The number of nitrogens with one attached hydrogen (secondary N) is 1. The zero-order valence-corrected chi connectivity index (χ0v) is 17.3. The van der Waals surface area contributed by atoms with E-state index in [2.05, 4.69) is 15.7 Å². The Labute approximate surface area is 174 Å². The number of carbonyl (C=O) groups excluding carboxylic acids is 3. The summed E-state index contributed by atoms with van der Waals surface area (Å²) in [6, 6.07) is 9.34. The molecule has 0 saturated carbocycles. The van der Waals surface area contributed by atoms with Crippen LogP contribution >= 0.6 is 0 Å². The van der Waals surface area contributed by atoms with Gasteiger partial charge in [0.2, 0.25) is 5.91 Å². The average molecular weight is 405 g/mol. The van der Waals surface area contributed by atoms with E-state index in [1.807, 2.05) is 52.0 Å². The highest BCUT2D eigenvalue weighted by atomic mass is 16.2. The van der Waals surface area contributed by atoms with Gasteiger partial charge in [0, 0.05) is 5.69 Å². The Morgan fingerprint density at radius 3 is 2.33 bits per heavy atom. The molecule has 0 unspecified atom stereocenters. The van der Waals surface area contributed by atoms with Gasteiger partial charge in [0.1, 0.15) is 6.54 Å². The fraction of sp³-hybridized carbons (Fsp3) is 0.318. The molecule has 3 amide bonds. The first-order valence-electron chi connectivity index (χ1n) is 9.75. The molecule has 0 aromatic heterocycles. The Kier molecular flexibility index (Phi) is 4.85. The van der Waals surface area contributed by atoms with E-state index < -0.39 is 23.9 Å². The van der Waals surface area contributed by atoms with Gasteiger partial charge in [0.05, 0.1) is 5.69 Å². The lowest BCUT2D eigenvalue weighted by Gasteiger charge is -2.20. The molecule has 0 radical (unpaired) electrons. The standard InChI is InChI=1S/C22H23N5O3/c1-12-7-13(2)9-16(8-12)23-18(28)11-26-20-19(24-25-26)21(29)27(22(20)30)17-6-5-14(3)15(4)10-17/h5-10,19-20H,11H2,1-4H3,(H,23,28)/t19-,20-/m0/s1. The maximum absolute atomic E-state index is 13.0. The highest BCUT2D eigenvalue weighted by Gasteiger charge is 2.55. The highest BCUT2D eigenvalue weighted by Crippen LogP contribution is 2.32. The molecule has 2 atom stereocenters. The van der Waals surface area contributed by atoms with Gasteiger partial charge in [-0.05, 0) is 74.2 Å². The van der Waals surface area contributed by atoms with Crippen molar-refractivity contribution >= 4 is 29.1 Å². The molecular formula is C22H23N5O3. The highest BCUT2D eigenvalue weighted by molar-refractivity contribution is 6.25. The van der Waals surface area contributed by atoms with Gasteiger partial charge in [0.15, 0.2) is 12.1 Å². The quantitative estimate of drug-likeness (QED) is 0.792. The number of rotatable bonds is 4. The van der Waals surface area contributed by atoms with Crippen LogP contribution in [-0.4, -0.2) is 41.4 Å². The zero-order valence-electron chi connectivity index (χ0n) is 17.3. The van der Waals surface area contributed by atoms with Gasteiger partial charge >= 0.3 is 0 Å². The van der Waals surface area contributed by atoms with Crippen molar-refractivity contribution in [1.29, 1.82) is 0 Å². The third-order valence-corrected chi connectivity index (χ3v) is 5.42. The third kappa shape index (κ3) is 3.45. The summed E-state index contributed by atoms with van der Waals surface area (Å²) in [5.41, 5.74) is 5.31. The molecule has 154 valence electrons. The first-order chi connectivity index (χ1) is 14.2. The van der Waals surface area contributed by atoms with E-state index >= 15 is 0 Å². The maximum Gasteiger partial charge on any atom is 0.263 e. The summed E-state index contributed by atoms with van der Waals surface area (Å²) < 4.78 is 0. The fourth-order valence-corrected chi connectivity index (χ4v) is 3.87. The van der Waals surface area contributed by atoms with Crippen LogP contribution in [0.2, 0.25) is 0 Å². The number of fused-ring (bicyclic) bond motifs is 1. The summed E-state index contributed by atoms with van der Waals surface area (Å²) in [7, 11) is 0. The van der Waals surface area contributed by atoms with Crippen LogP contribution in [0.3, 0.4) is 0 Å². The van der Waals surface area contributed by atoms with Crippen LogP contribution < -0.4 is 10.2 Å². The molecule has 2 aromatic carbocycles. The van der Waals surface area contributed by atoms with E-state index in [1.165, 1.54) is 5.01 Å². The van der Waals surface area contributed by atoms with Crippen LogP contribution in [0, 0.1) is 27.7 Å². The Bertz CT molecular complexity index is 1070. The summed E-state index contributed by atoms with van der Waals surface area (Å²) in [6.07, 6.45) is 0. The molecule has 2 heterocycles. The van der Waals surface area contributed by atoms with Crippen LogP contribution in [0.15, 0.2) is 46.7 Å². The summed E-state index contributed by atoms with van der Waals surface area (Å²) in [5, 5.41) is 12.0. The molecule has 1 N–H and O–H groups in total. The van der Waals surface area contributed by atoms with Crippen molar-refractivity contribution in [3.05, 3.63) is 58.7 Å². The van der Waals surface area contributed by atoms with Crippen molar-refractivity contribution in [3.8, 4) is 0 Å². The van der Waals surface area contributed by atoms with Gasteiger partial charge in [-0.3, -0.25) is 19.4 Å². The predicted molar refractivity (Wildman–Crippen MR) is 112 cm³/mol. The number of imide groups is 1.